The predicted molar refractivity (Wildman–Crippen MR) is 79.3 cm³/mol. The van der Waals surface area contributed by atoms with Gasteiger partial charge >= 0.3 is 0 Å². The number of hydrogen-bond donors (Lipinski definition) is 2. The topological polar surface area (TPSA) is 58.2 Å². The lowest BCUT2D eigenvalue weighted by Gasteiger charge is -2.09. The van der Waals surface area contributed by atoms with E-state index in [1.165, 1.54) is 18.2 Å². The molecule has 0 saturated carbocycles. The maximum absolute atomic E-state index is 12.9. The molecule has 2 amide bonds. The van der Waals surface area contributed by atoms with Gasteiger partial charge in [-0.1, -0.05) is 13.8 Å². The number of benzene rings is 1. The maximum atomic E-state index is 12.9. The van der Waals surface area contributed by atoms with E-state index in [0.29, 0.717) is 21.6 Å². The lowest BCUT2D eigenvalue weighted by atomic mass is 10.2. The predicted octanol–water partition coefficient (Wildman–Crippen LogP) is 1.93. The van der Waals surface area contributed by atoms with E-state index in [-0.39, 0.29) is 18.4 Å². The van der Waals surface area contributed by atoms with Gasteiger partial charge in [0.1, 0.15) is 5.82 Å². The quantitative estimate of drug-likeness (QED) is 0.770. The Morgan fingerprint density at radius 2 is 2.00 bits per heavy atom. The normalized spacial score (nSPS) is 10.4. The fraction of sp³-hybridized carbons (Fsp3) is 0.385. The van der Waals surface area contributed by atoms with Gasteiger partial charge in [0.15, 0.2) is 0 Å². The molecule has 0 radical (unpaired) electrons. The lowest BCUT2D eigenvalue weighted by Crippen LogP contribution is -2.38. The number of carbonyl (C=O) groups excluding carboxylic acids is 2. The van der Waals surface area contributed by atoms with Gasteiger partial charge in [0.25, 0.3) is 5.91 Å². The van der Waals surface area contributed by atoms with Gasteiger partial charge in [-0.15, -0.1) is 0 Å². The summed E-state index contributed by atoms with van der Waals surface area (Å²) in [6.07, 6.45) is 0. The molecule has 1 rings (SSSR count). The zero-order valence-corrected chi connectivity index (χ0v) is 13.0. The molecule has 0 aliphatic heterocycles. The summed E-state index contributed by atoms with van der Waals surface area (Å²) in [6, 6.07) is 3.89. The summed E-state index contributed by atoms with van der Waals surface area (Å²) in [4.78, 5) is 23.2. The molecule has 19 heavy (non-hydrogen) atoms. The zero-order valence-electron chi connectivity index (χ0n) is 10.8. The summed E-state index contributed by atoms with van der Waals surface area (Å²) in [5.74, 6) is -0.656. The van der Waals surface area contributed by atoms with Crippen LogP contribution in [0.2, 0.25) is 0 Å². The average Bonchev–Trinajstić information content (AvgIpc) is 2.33. The Hall–Kier alpha value is -1.18. The van der Waals surface area contributed by atoms with Crippen LogP contribution in [0.15, 0.2) is 18.2 Å². The molecule has 4 nitrogen and oxygen atoms in total. The van der Waals surface area contributed by atoms with Crippen LogP contribution < -0.4 is 10.6 Å². The summed E-state index contributed by atoms with van der Waals surface area (Å²) in [6.45, 7) is 4.46. The maximum Gasteiger partial charge on any atom is 0.252 e. The third kappa shape index (κ3) is 5.54. The molecule has 104 valence electrons. The van der Waals surface area contributed by atoms with Gasteiger partial charge in [-0.3, -0.25) is 9.59 Å². The second-order valence-electron chi connectivity index (χ2n) is 4.50. The number of carbonyl (C=O) groups is 2. The SMILES string of the molecule is CC(C)CNC(=O)CNC(=O)c1ccc(F)cc1I. The van der Waals surface area contributed by atoms with Crippen molar-refractivity contribution in [3.05, 3.63) is 33.1 Å². The lowest BCUT2D eigenvalue weighted by molar-refractivity contribution is -0.120. The standard InChI is InChI=1S/C13H16FIN2O2/c1-8(2)6-16-12(18)7-17-13(19)10-4-3-9(14)5-11(10)15/h3-5,8H,6-7H2,1-2H3,(H,16,18)(H,17,19). The molecule has 0 atom stereocenters. The van der Waals surface area contributed by atoms with E-state index in [4.69, 9.17) is 0 Å². The molecule has 1 aromatic carbocycles. The van der Waals surface area contributed by atoms with Gasteiger partial charge in [-0.2, -0.15) is 0 Å². The van der Waals surface area contributed by atoms with Crippen LogP contribution in [0, 0.1) is 15.3 Å². The van der Waals surface area contributed by atoms with Crippen molar-refractivity contribution in [1.29, 1.82) is 0 Å². The summed E-state index contributed by atoms with van der Waals surface area (Å²) < 4.78 is 13.4. The Morgan fingerprint density at radius 1 is 1.32 bits per heavy atom. The molecule has 0 fully saturated rings. The second kappa shape index (κ2) is 7.42. The van der Waals surface area contributed by atoms with Crippen molar-refractivity contribution in [3.63, 3.8) is 0 Å². The Labute approximate surface area is 125 Å². The first-order chi connectivity index (χ1) is 8.90. The first-order valence-electron chi connectivity index (χ1n) is 5.90. The summed E-state index contributed by atoms with van der Waals surface area (Å²) >= 11 is 1.88. The van der Waals surface area contributed by atoms with E-state index in [2.05, 4.69) is 10.6 Å². The van der Waals surface area contributed by atoms with Gasteiger partial charge in [0.05, 0.1) is 12.1 Å². The molecule has 0 unspecified atom stereocenters. The highest BCUT2D eigenvalue weighted by Gasteiger charge is 2.11. The minimum absolute atomic E-state index is 0.0843. The third-order valence-electron chi connectivity index (χ3n) is 2.29. The van der Waals surface area contributed by atoms with Crippen LogP contribution in [0.5, 0.6) is 0 Å². The van der Waals surface area contributed by atoms with Crippen LogP contribution >= 0.6 is 22.6 Å². The van der Waals surface area contributed by atoms with Crippen molar-refractivity contribution >= 4 is 34.4 Å². The smallest absolute Gasteiger partial charge is 0.252 e. The van der Waals surface area contributed by atoms with Gasteiger partial charge in [0, 0.05) is 10.1 Å². The van der Waals surface area contributed by atoms with E-state index >= 15 is 0 Å². The minimum Gasteiger partial charge on any atom is -0.354 e. The van der Waals surface area contributed by atoms with E-state index in [0.717, 1.165) is 0 Å². The van der Waals surface area contributed by atoms with Crippen molar-refractivity contribution in [3.8, 4) is 0 Å². The molecule has 0 bridgehead atoms. The van der Waals surface area contributed by atoms with E-state index < -0.39 is 5.82 Å². The fourth-order valence-electron chi connectivity index (χ4n) is 1.31. The Morgan fingerprint density at radius 3 is 2.58 bits per heavy atom. The van der Waals surface area contributed by atoms with Crippen LogP contribution in [0.25, 0.3) is 0 Å². The largest absolute Gasteiger partial charge is 0.354 e. The second-order valence-corrected chi connectivity index (χ2v) is 5.67. The van der Waals surface area contributed by atoms with E-state index in [1.54, 1.807) is 0 Å². The Balaban J connectivity index is 2.49. The number of rotatable bonds is 5. The van der Waals surface area contributed by atoms with Gasteiger partial charge in [-0.05, 0) is 46.7 Å². The van der Waals surface area contributed by atoms with Gasteiger partial charge in [-0.25, -0.2) is 4.39 Å². The van der Waals surface area contributed by atoms with Crippen molar-refractivity contribution in [2.45, 2.75) is 13.8 Å². The number of hydrogen-bond acceptors (Lipinski definition) is 2. The molecule has 0 aliphatic rings. The van der Waals surface area contributed by atoms with Crippen LogP contribution in [0.3, 0.4) is 0 Å². The summed E-state index contributed by atoms with van der Waals surface area (Å²) in [5, 5.41) is 5.20. The van der Waals surface area contributed by atoms with Crippen molar-refractivity contribution in [2.24, 2.45) is 5.92 Å². The monoisotopic (exact) mass is 378 g/mol. The molecule has 0 spiro atoms. The Bertz CT molecular complexity index is 478. The first kappa shape index (κ1) is 15.9. The van der Waals surface area contributed by atoms with Crippen molar-refractivity contribution < 1.29 is 14.0 Å². The Kier molecular flexibility index (Phi) is 6.20. The van der Waals surface area contributed by atoms with Crippen LogP contribution in [-0.2, 0) is 4.79 Å². The molecule has 6 heteroatoms. The van der Waals surface area contributed by atoms with Crippen LogP contribution in [0.4, 0.5) is 4.39 Å². The molecular weight excluding hydrogens is 362 g/mol. The van der Waals surface area contributed by atoms with E-state index in [9.17, 15) is 14.0 Å². The van der Waals surface area contributed by atoms with Crippen LogP contribution in [-0.4, -0.2) is 24.9 Å². The number of amides is 2. The number of nitrogens with one attached hydrogen (secondary N) is 2. The third-order valence-corrected chi connectivity index (χ3v) is 3.19. The fourth-order valence-corrected chi connectivity index (χ4v) is 2.03. The zero-order chi connectivity index (χ0) is 14.4. The molecule has 0 saturated heterocycles. The summed E-state index contributed by atoms with van der Waals surface area (Å²) in [5.41, 5.74) is 0.360. The van der Waals surface area contributed by atoms with E-state index in [1.807, 2.05) is 36.4 Å². The highest BCUT2D eigenvalue weighted by atomic mass is 127. The van der Waals surface area contributed by atoms with Crippen molar-refractivity contribution in [1.82, 2.24) is 10.6 Å². The van der Waals surface area contributed by atoms with Gasteiger partial charge < -0.3 is 10.6 Å². The minimum atomic E-state index is -0.393. The average molecular weight is 378 g/mol. The molecule has 0 aliphatic carbocycles. The van der Waals surface area contributed by atoms with Crippen LogP contribution in [0.1, 0.15) is 24.2 Å². The molecule has 2 N–H and O–H groups in total. The molecule has 1 aromatic rings. The van der Waals surface area contributed by atoms with Crippen molar-refractivity contribution in [2.75, 3.05) is 13.1 Å². The molecule has 0 heterocycles. The molecule has 0 aromatic heterocycles. The van der Waals surface area contributed by atoms with Gasteiger partial charge in [0.2, 0.25) is 5.91 Å². The molecular formula is C13H16FIN2O2. The highest BCUT2D eigenvalue weighted by Crippen LogP contribution is 2.13. The number of halogens is 2. The first-order valence-corrected chi connectivity index (χ1v) is 6.98. The highest BCUT2D eigenvalue weighted by molar-refractivity contribution is 14.1. The summed E-state index contributed by atoms with van der Waals surface area (Å²) in [7, 11) is 0.